The van der Waals surface area contributed by atoms with Crippen LogP contribution in [0.15, 0.2) is 28.0 Å². The number of piperazine rings is 1. The largest absolute Gasteiger partial charge is 0.366 e. The van der Waals surface area contributed by atoms with Crippen LogP contribution in [-0.4, -0.2) is 48.4 Å². The molecule has 4 rings (SSSR count). The molecule has 0 bridgehead atoms. The summed E-state index contributed by atoms with van der Waals surface area (Å²) in [6.45, 7) is 4.38. The predicted molar refractivity (Wildman–Crippen MR) is 88.6 cm³/mol. The zero-order valence-corrected chi connectivity index (χ0v) is 13.3. The van der Waals surface area contributed by atoms with Crippen molar-refractivity contribution in [1.82, 2.24) is 9.47 Å². The molecule has 0 radical (unpaired) electrons. The summed E-state index contributed by atoms with van der Waals surface area (Å²) in [7, 11) is 2.09. The summed E-state index contributed by atoms with van der Waals surface area (Å²) in [6, 6.07) is 2.97. The lowest BCUT2D eigenvalue weighted by atomic mass is 10.1. The van der Waals surface area contributed by atoms with E-state index in [1.54, 1.807) is 11.8 Å². The Balaban J connectivity index is 1.94. The number of halogens is 1. The fourth-order valence-electron chi connectivity index (χ4n) is 3.30. The van der Waals surface area contributed by atoms with Crippen LogP contribution in [0.3, 0.4) is 0 Å². The van der Waals surface area contributed by atoms with Crippen LogP contribution in [0, 0.1) is 5.82 Å². The molecule has 2 aromatic rings. The number of hydrogen-bond donors (Lipinski definition) is 0. The molecule has 1 fully saturated rings. The third kappa shape index (κ3) is 2.13. The Hall–Kier alpha value is -1.53. The smallest absolute Gasteiger partial charge is 0.189 e. The van der Waals surface area contributed by atoms with Crippen LogP contribution < -0.4 is 10.3 Å². The molecule has 4 nitrogen and oxygen atoms in total. The highest BCUT2D eigenvalue weighted by Gasteiger charge is 2.26. The lowest BCUT2D eigenvalue weighted by Gasteiger charge is -2.36. The Kier molecular flexibility index (Phi) is 3.38. The predicted octanol–water partition coefficient (Wildman–Crippen LogP) is 2.00. The van der Waals surface area contributed by atoms with Crippen molar-refractivity contribution >= 4 is 28.4 Å². The van der Waals surface area contributed by atoms with Crippen molar-refractivity contribution in [3.05, 3.63) is 34.4 Å². The van der Waals surface area contributed by atoms with E-state index in [1.165, 1.54) is 12.1 Å². The van der Waals surface area contributed by atoms with Gasteiger partial charge in [0.25, 0.3) is 0 Å². The number of anilines is 1. The first kappa shape index (κ1) is 14.1. The summed E-state index contributed by atoms with van der Waals surface area (Å²) >= 11 is 1.67. The number of aromatic nitrogens is 1. The van der Waals surface area contributed by atoms with E-state index in [-0.39, 0.29) is 11.2 Å². The molecule has 0 atom stereocenters. The SMILES string of the molecule is CN1CCN(c2c(F)cc3c(=O)ccn4c3c2SCC4)CC1. The number of pyridine rings is 1. The minimum Gasteiger partial charge on any atom is -0.366 e. The second kappa shape index (κ2) is 5.28. The van der Waals surface area contributed by atoms with E-state index in [9.17, 15) is 9.18 Å². The Bertz CT molecular complexity index is 796. The zero-order valence-electron chi connectivity index (χ0n) is 12.5. The Morgan fingerprint density at radius 2 is 1.95 bits per heavy atom. The maximum Gasteiger partial charge on any atom is 0.189 e. The summed E-state index contributed by atoms with van der Waals surface area (Å²) in [6.07, 6.45) is 1.83. The first-order chi connectivity index (χ1) is 10.6. The molecule has 6 heteroatoms. The summed E-state index contributed by atoms with van der Waals surface area (Å²) in [4.78, 5) is 17.4. The molecule has 0 spiro atoms. The Morgan fingerprint density at radius 3 is 2.73 bits per heavy atom. The second-order valence-electron chi connectivity index (χ2n) is 5.94. The van der Waals surface area contributed by atoms with E-state index >= 15 is 0 Å². The first-order valence-corrected chi connectivity index (χ1v) is 8.55. The van der Waals surface area contributed by atoms with Gasteiger partial charge in [-0.2, -0.15) is 0 Å². The van der Waals surface area contributed by atoms with Crippen molar-refractivity contribution in [2.75, 3.05) is 43.9 Å². The van der Waals surface area contributed by atoms with Crippen molar-refractivity contribution in [2.24, 2.45) is 0 Å². The van der Waals surface area contributed by atoms with E-state index in [1.807, 2.05) is 6.20 Å². The van der Waals surface area contributed by atoms with Crippen LogP contribution >= 0.6 is 11.8 Å². The topological polar surface area (TPSA) is 28.5 Å². The zero-order chi connectivity index (χ0) is 15.3. The lowest BCUT2D eigenvalue weighted by molar-refractivity contribution is 0.311. The molecule has 3 heterocycles. The molecule has 1 saturated heterocycles. The van der Waals surface area contributed by atoms with Gasteiger partial charge in [0.1, 0.15) is 5.82 Å². The molecule has 2 aliphatic rings. The van der Waals surface area contributed by atoms with Gasteiger partial charge in [-0.25, -0.2) is 4.39 Å². The third-order valence-electron chi connectivity index (χ3n) is 4.54. The van der Waals surface area contributed by atoms with Gasteiger partial charge in [-0.3, -0.25) is 4.79 Å². The number of likely N-dealkylation sites (N-methyl/N-ethyl adjacent to an activating group) is 1. The molecule has 1 aromatic carbocycles. The molecule has 0 unspecified atom stereocenters. The average molecular weight is 319 g/mol. The number of rotatable bonds is 1. The van der Waals surface area contributed by atoms with Crippen LogP contribution in [0.1, 0.15) is 0 Å². The number of benzene rings is 1. The maximum atomic E-state index is 14.8. The Labute approximate surface area is 132 Å². The normalized spacial score (nSPS) is 18.9. The van der Waals surface area contributed by atoms with Crippen LogP contribution in [0.2, 0.25) is 0 Å². The summed E-state index contributed by atoms with van der Waals surface area (Å²) in [5, 5.41) is 0.500. The van der Waals surface area contributed by atoms with E-state index < -0.39 is 0 Å². The summed E-state index contributed by atoms with van der Waals surface area (Å²) < 4.78 is 16.9. The fraction of sp³-hybridized carbons (Fsp3) is 0.438. The van der Waals surface area contributed by atoms with Crippen LogP contribution in [-0.2, 0) is 6.54 Å². The quantitative estimate of drug-likeness (QED) is 0.804. The van der Waals surface area contributed by atoms with Crippen molar-refractivity contribution in [1.29, 1.82) is 0 Å². The number of aryl methyl sites for hydroxylation is 1. The number of nitrogens with zero attached hydrogens (tertiary/aromatic N) is 3. The molecule has 116 valence electrons. The highest BCUT2D eigenvalue weighted by molar-refractivity contribution is 7.99. The highest BCUT2D eigenvalue weighted by atomic mass is 32.2. The summed E-state index contributed by atoms with van der Waals surface area (Å²) in [5.41, 5.74) is 1.49. The third-order valence-corrected chi connectivity index (χ3v) is 5.60. The second-order valence-corrected chi connectivity index (χ2v) is 7.05. The van der Waals surface area contributed by atoms with E-state index in [2.05, 4.69) is 21.4 Å². The maximum absolute atomic E-state index is 14.8. The van der Waals surface area contributed by atoms with Crippen molar-refractivity contribution < 1.29 is 4.39 Å². The molecule has 22 heavy (non-hydrogen) atoms. The molecular weight excluding hydrogens is 301 g/mol. The van der Waals surface area contributed by atoms with Gasteiger partial charge in [0.15, 0.2) is 5.43 Å². The van der Waals surface area contributed by atoms with E-state index in [0.29, 0.717) is 11.1 Å². The first-order valence-electron chi connectivity index (χ1n) is 7.57. The van der Waals surface area contributed by atoms with Gasteiger partial charge in [0.05, 0.1) is 16.1 Å². The molecule has 2 aliphatic heterocycles. The molecule has 1 aromatic heterocycles. The van der Waals surface area contributed by atoms with Gasteiger partial charge in [0.2, 0.25) is 0 Å². The molecule has 0 N–H and O–H groups in total. The molecule has 0 amide bonds. The number of hydrogen-bond acceptors (Lipinski definition) is 4. The van der Waals surface area contributed by atoms with Gasteiger partial charge in [-0.05, 0) is 13.1 Å². The van der Waals surface area contributed by atoms with Gasteiger partial charge >= 0.3 is 0 Å². The fourth-order valence-corrected chi connectivity index (χ4v) is 4.51. The van der Waals surface area contributed by atoms with E-state index in [4.69, 9.17) is 0 Å². The minimum absolute atomic E-state index is 0.0983. The molecule has 0 saturated carbocycles. The van der Waals surface area contributed by atoms with Gasteiger partial charge in [-0.1, -0.05) is 0 Å². The van der Waals surface area contributed by atoms with Crippen LogP contribution in [0.4, 0.5) is 10.1 Å². The minimum atomic E-state index is -0.267. The molecular formula is C16H18FN3OS. The van der Waals surface area contributed by atoms with Gasteiger partial charge in [0, 0.05) is 56.1 Å². The van der Waals surface area contributed by atoms with Crippen molar-refractivity contribution in [3.8, 4) is 0 Å². The van der Waals surface area contributed by atoms with E-state index in [0.717, 1.165) is 48.9 Å². The lowest BCUT2D eigenvalue weighted by Crippen LogP contribution is -2.45. The van der Waals surface area contributed by atoms with Crippen molar-refractivity contribution in [3.63, 3.8) is 0 Å². The number of thioether (sulfide) groups is 1. The van der Waals surface area contributed by atoms with Crippen LogP contribution in [0.25, 0.3) is 10.9 Å². The van der Waals surface area contributed by atoms with Gasteiger partial charge in [-0.15, -0.1) is 11.8 Å². The Morgan fingerprint density at radius 1 is 1.18 bits per heavy atom. The average Bonchev–Trinajstić information content (AvgIpc) is 2.52. The van der Waals surface area contributed by atoms with Gasteiger partial charge < -0.3 is 14.4 Å². The summed E-state index contributed by atoms with van der Waals surface area (Å²) in [5.74, 6) is 0.645. The standard InChI is InChI=1S/C16H18FN3OS/c1-18-4-6-20(7-5-18)15-12(17)10-11-13(21)2-3-19-8-9-22-16(15)14(11)19/h2-3,10H,4-9H2,1H3. The van der Waals surface area contributed by atoms with Crippen LogP contribution in [0.5, 0.6) is 0 Å². The van der Waals surface area contributed by atoms with Crippen molar-refractivity contribution in [2.45, 2.75) is 11.4 Å². The molecule has 0 aliphatic carbocycles. The monoisotopic (exact) mass is 319 g/mol. The highest BCUT2D eigenvalue weighted by Crippen LogP contribution is 2.41.